The largest absolute Gasteiger partial charge is 0.504 e. The fraction of sp³-hybridized carbons (Fsp3) is 0.750. The second-order valence-corrected chi connectivity index (χ2v) is 11.0. The number of carbonyl (C=O) groups excluding carboxylic acids is 1. The second-order valence-electron chi connectivity index (χ2n) is 11.0. The Kier molecular flexibility index (Phi) is 20.2. The third kappa shape index (κ3) is 18.1. The monoisotopic (exact) mass is 533 g/mol. The Labute approximate surface area is 231 Å². The summed E-state index contributed by atoms with van der Waals surface area (Å²) in [5, 5.41) is 31.0. The molecule has 6 nitrogen and oxygen atoms in total. The van der Waals surface area contributed by atoms with Gasteiger partial charge in [0.2, 0.25) is 5.91 Å². The third-order valence-electron chi connectivity index (χ3n) is 7.37. The summed E-state index contributed by atoms with van der Waals surface area (Å²) in [4.78, 5) is 23.7. The van der Waals surface area contributed by atoms with Crippen LogP contribution in [0.5, 0.6) is 11.5 Å². The Hall–Kier alpha value is -2.24. The second kappa shape index (κ2) is 22.7. The maximum absolute atomic E-state index is 12.2. The molecular weight excluding hydrogens is 478 g/mol. The van der Waals surface area contributed by atoms with Gasteiger partial charge in [0, 0.05) is 12.8 Å². The number of phenols is 2. The van der Waals surface area contributed by atoms with Crippen molar-refractivity contribution in [3.05, 3.63) is 23.8 Å². The van der Waals surface area contributed by atoms with E-state index in [-0.39, 0.29) is 23.8 Å². The molecule has 0 radical (unpaired) electrons. The first-order valence-corrected chi connectivity index (χ1v) is 15.5. The fourth-order valence-electron chi connectivity index (χ4n) is 4.94. The number of aromatic hydroxyl groups is 2. The highest BCUT2D eigenvalue weighted by atomic mass is 16.4. The van der Waals surface area contributed by atoms with E-state index < -0.39 is 12.0 Å². The van der Waals surface area contributed by atoms with Crippen LogP contribution in [0, 0.1) is 0 Å². The molecule has 0 spiro atoms. The summed E-state index contributed by atoms with van der Waals surface area (Å²) in [6.45, 7) is 2.27. The molecule has 38 heavy (non-hydrogen) atoms. The van der Waals surface area contributed by atoms with Crippen LogP contribution in [0.4, 0.5) is 0 Å². The smallest absolute Gasteiger partial charge is 0.326 e. The summed E-state index contributed by atoms with van der Waals surface area (Å²) in [7, 11) is 0. The van der Waals surface area contributed by atoms with Crippen molar-refractivity contribution in [2.75, 3.05) is 0 Å². The molecule has 1 rings (SSSR count). The van der Waals surface area contributed by atoms with Gasteiger partial charge < -0.3 is 20.6 Å². The van der Waals surface area contributed by atoms with E-state index in [1.165, 1.54) is 127 Å². The molecule has 0 heterocycles. The Morgan fingerprint density at radius 1 is 0.658 bits per heavy atom. The van der Waals surface area contributed by atoms with Gasteiger partial charge in [0.05, 0.1) is 0 Å². The number of hydrogen-bond acceptors (Lipinski definition) is 4. The van der Waals surface area contributed by atoms with Gasteiger partial charge in [-0.3, -0.25) is 4.79 Å². The molecule has 0 fully saturated rings. The maximum Gasteiger partial charge on any atom is 0.326 e. The number of nitrogens with one attached hydrogen (secondary N) is 1. The minimum absolute atomic E-state index is 0.0498. The number of aliphatic carboxylic acids is 1. The van der Waals surface area contributed by atoms with E-state index in [1.807, 2.05) is 0 Å². The molecule has 1 aromatic carbocycles. The molecule has 4 N–H and O–H groups in total. The van der Waals surface area contributed by atoms with Gasteiger partial charge in [-0.05, 0) is 24.1 Å². The maximum atomic E-state index is 12.2. The lowest BCUT2D eigenvalue weighted by Gasteiger charge is -2.15. The molecule has 0 aliphatic heterocycles. The van der Waals surface area contributed by atoms with Gasteiger partial charge in [-0.1, -0.05) is 135 Å². The van der Waals surface area contributed by atoms with E-state index in [0.717, 1.165) is 19.3 Å². The minimum Gasteiger partial charge on any atom is -0.504 e. The predicted octanol–water partition coefficient (Wildman–Crippen LogP) is 8.42. The Bertz CT molecular complexity index is 751. The zero-order valence-corrected chi connectivity index (χ0v) is 24.0. The highest BCUT2D eigenvalue weighted by molar-refractivity contribution is 5.83. The molecule has 0 aromatic heterocycles. The summed E-state index contributed by atoms with van der Waals surface area (Å²) in [6, 6.07) is 3.10. The third-order valence-corrected chi connectivity index (χ3v) is 7.37. The van der Waals surface area contributed by atoms with E-state index in [2.05, 4.69) is 12.2 Å². The van der Waals surface area contributed by atoms with Crippen molar-refractivity contribution in [1.82, 2.24) is 5.32 Å². The predicted molar refractivity (Wildman–Crippen MR) is 156 cm³/mol. The van der Waals surface area contributed by atoms with Crippen LogP contribution in [0.1, 0.15) is 147 Å². The van der Waals surface area contributed by atoms with Crippen molar-refractivity contribution in [3.63, 3.8) is 0 Å². The Balaban J connectivity index is 1.92. The first kappa shape index (κ1) is 33.8. The molecule has 0 aliphatic carbocycles. The van der Waals surface area contributed by atoms with Gasteiger partial charge in [-0.15, -0.1) is 0 Å². The molecule has 218 valence electrons. The number of carboxylic acid groups (broad SMARTS) is 1. The molecule has 1 atom stereocenters. The molecule has 6 heteroatoms. The number of carboxylic acids is 1. The van der Waals surface area contributed by atoms with Crippen LogP contribution in [-0.4, -0.2) is 33.2 Å². The number of unbranched alkanes of at least 4 members (excludes halogenated alkanes) is 19. The van der Waals surface area contributed by atoms with Gasteiger partial charge in [-0.25, -0.2) is 4.79 Å². The lowest BCUT2D eigenvalue weighted by atomic mass is 10.0. The summed E-state index contributed by atoms with van der Waals surface area (Å²) >= 11 is 0. The number of phenolic OH excluding ortho intramolecular Hbond substituents is 2. The van der Waals surface area contributed by atoms with Crippen LogP contribution in [0.15, 0.2) is 18.2 Å². The number of benzene rings is 1. The van der Waals surface area contributed by atoms with Crippen LogP contribution in [0.25, 0.3) is 0 Å². The highest BCUT2D eigenvalue weighted by Gasteiger charge is 2.20. The number of carbonyl (C=O) groups is 2. The van der Waals surface area contributed by atoms with Crippen LogP contribution in [-0.2, 0) is 16.0 Å². The van der Waals surface area contributed by atoms with Crippen LogP contribution >= 0.6 is 0 Å². The highest BCUT2D eigenvalue weighted by Crippen LogP contribution is 2.25. The number of rotatable bonds is 25. The zero-order chi connectivity index (χ0) is 27.8. The van der Waals surface area contributed by atoms with E-state index in [4.69, 9.17) is 0 Å². The summed E-state index contributed by atoms with van der Waals surface area (Å²) < 4.78 is 0. The summed E-state index contributed by atoms with van der Waals surface area (Å²) in [5.41, 5.74) is 0.534. The summed E-state index contributed by atoms with van der Waals surface area (Å²) in [5.74, 6) is -1.94. The fourth-order valence-corrected chi connectivity index (χ4v) is 4.94. The number of amides is 1. The number of hydrogen-bond donors (Lipinski definition) is 4. The van der Waals surface area contributed by atoms with E-state index in [1.54, 1.807) is 0 Å². The van der Waals surface area contributed by atoms with Crippen molar-refractivity contribution in [2.24, 2.45) is 0 Å². The molecular formula is C32H55NO5. The Morgan fingerprint density at radius 3 is 1.47 bits per heavy atom. The molecule has 0 aliphatic rings. The van der Waals surface area contributed by atoms with Crippen LogP contribution in [0.3, 0.4) is 0 Å². The quantitative estimate of drug-likeness (QED) is 0.0745. The van der Waals surface area contributed by atoms with Gasteiger partial charge in [-0.2, -0.15) is 0 Å². The lowest BCUT2D eigenvalue weighted by molar-refractivity contribution is -0.141. The molecule has 0 unspecified atom stereocenters. The molecule has 1 amide bonds. The molecule has 1 aromatic rings. The van der Waals surface area contributed by atoms with Crippen molar-refractivity contribution in [1.29, 1.82) is 0 Å². The topological polar surface area (TPSA) is 107 Å². The first-order valence-electron chi connectivity index (χ1n) is 15.5. The zero-order valence-electron chi connectivity index (χ0n) is 24.0. The molecule has 0 bridgehead atoms. The average Bonchev–Trinajstić information content (AvgIpc) is 2.89. The standard InChI is InChI=1S/C32H55NO5/c1-2-3-4-5-6-7-8-9-10-11-12-13-14-15-16-17-18-19-20-21-22-31(36)33-28(32(37)38)25-27-23-24-29(34)30(35)26-27/h23-24,26,28,34-35H,2-22,25H2,1H3,(H,33,36)(H,37,38)/t28-/m0/s1. The van der Waals surface area contributed by atoms with Crippen LogP contribution < -0.4 is 5.32 Å². The SMILES string of the molecule is CCCCCCCCCCCCCCCCCCCCCCC(=O)N[C@@H](Cc1ccc(O)c(O)c1)C(=O)O. The van der Waals surface area contributed by atoms with Crippen molar-refractivity contribution < 1.29 is 24.9 Å². The minimum atomic E-state index is -1.12. The molecule has 0 saturated carbocycles. The van der Waals surface area contributed by atoms with Gasteiger partial charge in [0.1, 0.15) is 6.04 Å². The normalized spacial score (nSPS) is 11.9. The van der Waals surface area contributed by atoms with Crippen LogP contribution in [0.2, 0.25) is 0 Å². The van der Waals surface area contributed by atoms with E-state index >= 15 is 0 Å². The van der Waals surface area contributed by atoms with Gasteiger partial charge in [0.15, 0.2) is 11.5 Å². The van der Waals surface area contributed by atoms with Gasteiger partial charge in [0.25, 0.3) is 0 Å². The Morgan fingerprint density at radius 2 is 1.08 bits per heavy atom. The van der Waals surface area contributed by atoms with E-state index in [0.29, 0.717) is 12.0 Å². The van der Waals surface area contributed by atoms with E-state index in [9.17, 15) is 24.9 Å². The lowest BCUT2D eigenvalue weighted by Crippen LogP contribution is -2.42. The first-order chi connectivity index (χ1) is 18.4. The summed E-state index contributed by atoms with van der Waals surface area (Å²) in [6.07, 6.45) is 26.5. The van der Waals surface area contributed by atoms with Gasteiger partial charge >= 0.3 is 5.97 Å². The van der Waals surface area contributed by atoms with Crippen molar-refractivity contribution in [2.45, 2.75) is 154 Å². The van der Waals surface area contributed by atoms with Crippen molar-refractivity contribution >= 4 is 11.9 Å². The average molecular weight is 534 g/mol. The molecule has 0 saturated heterocycles. The van der Waals surface area contributed by atoms with Crippen molar-refractivity contribution in [3.8, 4) is 11.5 Å².